The molecule has 1 rings (SSSR count). The normalized spacial score (nSPS) is 23.6. The van der Waals surface area contributed by atoms with Crippen LogP contribution >= 0.6 is 0 Å². The van der Waals surface area contributed by atoms with Crippen molar-refractivity contribution >= 4 is 0 Å². The number of hydrogen-bond acceptors (Lipinski definition) is 0. The molecular formula is C12H10. The van der Waals surface area contributed by atoms with Gasteiger partial charge in [-0.1, -0.05) is 36.8 Å². The van der Waals surface area contributed by atoms with Gasteiger partial charge in [-0.25, -0.2) is 0 Å². The molecule has 0 bridgehead atoms. The van der Waals surface area contributed by atoms with Crippen LogP contribution in [0.4, 0.5) is 0 Å². The molecule has 58 valence electrons. The highest BCUT2D eigenvalue weighted by molar-refractivity contribution is 5.37. The Morgan fingerprint density at radius 3 is 3.17 bits per heavy atom. The van der Waals surface area contributed by atoms with Crippen LogP contribution in [0.5, 0.6) is 0 Å². The zero-order valence-corrected chi connectivity index (χ0v) is 6.83. The Morgan fingerprint density at radius 1 is 1.67 bits per heavy atom. The highest BCUT2D eigenvalue weighted by Gasteiger charge is 2.04. The van der Waals surface area contributed by atoms with Gasteiger partial charge in [0.2, 0.25) is 0 Å². The van der Waals surface area contributed by atoms with Crippen LogP contribution in [0.25, 0.3) is 0 Å². The Labute approximate surface area is 73.3 Å². The molecule has 0 N–H and O–H groups in total. The van der Waals surface area contributed by atoms with Crippen molar-refractivity contribution in [1.82, 2.24) is 0 Å². The summed E-state index contributed by atoms with van der Waals surface area (Å²) in [7, 11) is 0. The van der Waals surface area contributed by atoms with Crippen LogP contribution in [0.2, 0.25) is 0 Å². The first-order valence-corrected chi connectivity index (χ1v) is 3.76. The van der Waals surface area contributed by atoms with Crippen molar-refractivity contribution < 1.29 is 0 Å². The maximum atomic E-state index is 5.35. The fourth-order valence-corrected chi connectivity index (χ4v) is 1.01. The molecular weight excluding hydrogens is 144 g/mol. The van der Waals surface area contributed by atoms with Gasteiger partial charge in [-0.3, -0.25) is 0 Å². The van der Waals surface area contributed by atoms with Crippen LogP contribution in [-0.4, -0.2) is 0 Å². The fraction of sp³-hybridized carbons (Fsp3) is 0.0833. The summed E-state index contributed by atoms with van der Waals surface area (Å²) in [6, 6.07) is 0. The van der Waals surface area contributed by atoms with Gasteiger partial charge < -0.3 is 0 Å². The molecule has 0 heterocycles. The first-order chi connectivity index (χ1) is 5.88. The molecule has 1 aliphatic carbocycles. The van der Waals surface area contributed by atoms with E-state index in [1.165, 1.54) is 0 Å². The number of terminal acetylenes is 1. The molecule has 1 aliphatic rings. The van der Waals surface area contributed by atoms with Gasteiger partial charge >= 0.3 is 0 Å². The molecule has 0 spiro atoms. The van der Waals surface area contributed by atoms with E-state index in [9.17, 15) is 0 Å². The summed E-state index contributed by atoms with van der Waals surface area (Å²) in [5.74, 6) is 2.70. The molecule has 0 aliphatic heterocycles. The van der Waals surface area contributed by atoms with Crippen LogP contribution in [0, 0.1) is 18.3 Å². The van der Waals surface area contributed by atoms with Crippen LogP contribution < -0.4 is 0 Å². The lowest BCUT2D eigenvalue weighted by atomic mass is 10.00. The molecule has 1 atom stereocenters. The second-order valence-electron chi connectivity index (χ2n) is 2.41. The van der Waals surface area contributed by atoms with Crippen LogP contribution in [0.15, 0.2) is 54.3 Å². The summed E-state index contributed by atoms with van der Waals surface area (Å²) in [6.07, 6.45) is 16.6. The van der Waals surface area contributed by atoms with Gasteiger partial charge in [-0.05, 0) is 17.7 Å². The van der Waals surface area contributed by atoms with Gasteiger partial charge in [-0.15, -0.1) is 12.2 Å². The minimum absolute atomic E-state index is 0.0259. The lowest BCUT2D eigenvalue weighted by Gasteiger charge is -2.02. The largest absolute Gasteiger partial charge is 0.124 e. The van der Waals surface area contributed by atoms with E-state index in [1.807, 2.05) is 30.4 Å². The monoisotopic (exact) mass is 154 g/mol. The predicted octanol–water partition coefficient (Wildman–Crippen LogP) is 2.63. The summed E-state index contributed by atoms with van der Waals surface area (Å²) in [6.45, 7) is 3.63. The van der Waals surface area contributed by atoms with Crippen molar-refractivity contribution in [3.63, 3.8) is 0 Å². The van der Waals surface area contributed by atoms with Gasteiger partial charge in [0.1, 0.15) is 0 Å². The molecule has 0 aromatic rings. The highest BCUT2D eigenvalue weighted by atomic mass is 14.1. The van der Waals surface area contributed by atoms with Crippen molar-refractivity contribution in [3.8, 4) is 12.3 Å². The first-order valence-electron chi connectivity index (χ1n) is 3.76. The lowest BCUT2D eigenvalue weighted by Crippen LogP contribution is -1.93. The second kappa shape index (κ2) is 4.23. The highest BCUT2D eigenvalue weighted by Crippen LogP contribution is 2.15. The Morgan fingerprint density at radius 2 is 2.50 bits per heavy atom. The van der Waals surface area contributed by atoms with Crippen molar-refractivity contribution in [3.05, 3.63) is 54.3 Å². The van der Waals surface area contributed by atoms with Crippen molar-refractivity contribution in [2.75, 3.05) is 0 Å². The summed E-state index contributed by atoms with van der Waals surface area (Å²) in [5.41, 5.74) is 4.06. The second-order valence-corrected chi connectivity index (χ2v) is 2.41. The average molecular weight is 154 g/mol. The van der Waals surface area contributed by atoms with Crippen molar-refractivity contribution in [2.45, 2.75) is 0 Å². The van der Waals surface area contributed by atoms with E-state index >= 15 is 0 Å². The molecule has 12 heavy (non-hydrogen) atoms. The van der Waals surface area contributed by atoms with Crippen LogP contribution in [0.3, 0.4) is 0 Å². The third kappa shape index (κ3) is 1.89. The standard InChI is InChI=1S/C12H10/c1-3-8-12-10-7-5-6-9-11(12)4-2/h2-3,5,7-11H,1H2/b12-8-. The van der Waals surface area contributed by atoms with Crippen LogP contribution in [0.1, 0.15) is 0 Å². The van der Waals surface area contributed by atoms with E-state index < -0.39 is 0 Å². The van der Waals surface area contributed by atoms with Crippen molar-refractivity contribution in [2.24, 2.45) is 5.92 Å². The quantitative estimate of drug-likeness (QED) is 0.402. The third-order valence-electron chi connectivity index (χ3n) is 1.59. The van der Waals surface area contributed by atoms with E-state index in [0.717, 1.165) is 5.57 Å². The third-order valence-corrected chi connectivity index (χ3v) is 1.59. The predicted molar refractivity (Wildman–Crippen MR) is 52.4 cm³/mol. The smallest absolute Gasteiger partial charge is 0.0703 e. The molecule has 0 heteroatoms. The maximum absolute atomic E-state index is 5.35. The Bertz CT molecular complexity index is 326. The Hall–Kier alpha value is -1.70. The van der Waals surface area contributed by atoms with Crippen molar-refractivity contribution in [1.29, 1.82) is 0 Å². The molecule has 0 saturated carbocycles. The van der Waals surface area contributed by atoms with Gasteiger partial charge in [0.15, 0.2) is 0 Å². The van der Waals surface area contributed by atoms with Crippen LogP contribution in [-0.2, 0) is 0 Å². The molecule has 0 fully saturated rings. The zero-order chi connectivity index (χ0) is 8.81. The van der Waals surface area contributed by atoms with E-state index in [4.69, 9.17) is 6.42 Å². The molecule has 0 amide bonds. The summed E-state index contributed by atoms with van der Waals surface area (Å²) >= 11 is 0. The zero-order valence-electron chi connectivity index (χ0n) is 6.83. The van der Waals surface area contributed by atoms with Gasteiger partial charge in [0.05, 0.1) is 5.92 Å². The molecule has 0 aromatic carbocycles. The molecule has 0 aromatic heterocycles. The topological polar surface area (TPSA) is 0 Å². The van der Waals surface area contributed by atoms with Gasteiger partial charge in [0, 0.05) is 0 Å². The average Bonchev–Trinajstić information content (AvgIpc) is 2.30. The molecule has 0 saturated heterocycles. The molecule has 0 radical (unpaired) electrons. The molecule has 0 nitrogen and oxygen atoms in total. The minimum Gasteiger partial charge on any atom is -0.124 e. The van der Waals surface area contributed by atoms with E-state index in [0.29, 0.717) is 0 Å². The maximum Gasteiger partial charge on any atom is 0.0703 e. The summed E-state index contributed by atoms with van der Waals surface area (Å²) in [4.78, 5) is 0. The fourth-order valence-electron chi connectivity index (χ4n) is 1.01. The van der Waals surface area contributed by atoms with Gasteiger partial charge in [-0.2, -0.15) is 0 Å². The molecule has 1 unspecified atom stereocenters. The first kappa shape index (κ1) is 8.40. The summed E-state index contributed by atoms with van der Waals surface area (Å²) < 4.78 is 0. The van der Waals surface area contributed by atoms with E-state index in [2.05, 4.69) is 18.2 Å². The van der Waals surface area contributed by atoms with E-state index in [-0.39, 0.29) is 5.92 Å². The van der Waals surface area contributed by atoms with E-state index in [1.54, 1.807) is 6.08 Å². The van der Waals surface area contributed by atoms with Gasteiger partial charge in [0.25, 0.3) is 0 Å². The lowest BCUT2D eigenvalue weighted by molar-refractivity contribution is 1.06. The Balaban J connectivity index is 3.04. The number of rotatable bonds is 1. The minimum atomic E-state index is 0.0259. The Kier molecular flexibility index (Phi) is 2.96. The SMILES string of the molecule is C#CC1C=C=CC=C/C1=C/C=C. The number of hydrogen-bond donors (Lipinski definition) is 0. The summed E-state index contributed by atoms with van der Waals surface area (Å²) in [5, 5.41) is 0. The number of allylic oxidation sites excluding steroid dienone is 6.